The quantitative estimate of drug-likeness (QED) is 0.756. The van der Waals surface area contributed by atoms with Gasteiger partial charge in [-0.25, -0.2) is 23.4 Å². The molecule has 0 spiro atoms. The Morgan fingerprint density at radius 2 is 1.96 bits per heavy atom. The highest BCUT2D eigenvalue weighted by Gasteiger charge is 2.34. The average molecular weight is 404 g/mol. The number of piperidine rings is 1. The number of rotatable bonds is 3. The summed E-state index contributed by atoms with van der Waals surface area (Å²) in [5.41, 5.74) is 1.86. The molecule has 9 nitrogen and oxygen atoms in total. The van der Waals surface area contributed by atoms with Crippen molar-refractivity contribution in [2.24, 2.45) is 7.05 Å². The number of amides is 1. The highest BCUT2D eigenvalue weighted by atomic mass is 32.2. The molecule has 1 fully saturated rings. The lowest BCUT2D eigenvalue weighted by atomic mass is 9.97. The Labute approximate surface area is 164 Å². The standard InChI is InChI=1S/C18H24N6O3S/c1-12-14-6-7-16(25)23(3)18(14)21-17(20-12)13-5-4-8-24(9-13)28(26,27)15-10-22(2)11-19-15/h10-11,13H,4-9H2,1-3H3. The van der Waals surface area contributed by atoms with Crippen LogP contribution in [0.1, 0.15) is 42.3 Å². The molecule has 2 aromatic rings. The van der Waals surface area contributed by atoms with Gasteiger partial charge < -0.3 is 4.57 Å². The van der Waals surface area contributed by atoms with Crippen molar-refractivity contribution in [2.75, 3.05) is 25.0 Å². The van der Waals surface area contributed by atoms with Gasteiger partial charge in [0.15, 0.2) is 5.03 Å². The number of sulfonamides is 1. The number of hydrogen-bond donors (Lipinski definition) is 0. The van der Waals surface area contributed by atoms with E-state index in [9.17, 15) is 13.2 Å². The van der Waals surface area contributed by atoms with Crippen LogP contribution in [0.4, 0.5) is 5.82 Å². The fourth-order valence-corrected chi connectivity index (χ4v) is 5.39. The van der Waals surface area contributed by atoms with E-state index in [1.807, 2.05) is 6.92 Å². The van der Waals surface area contributed by atoms with Crippen LogP contribution < -0.4 is 4.90 Å². The van der Waals surface area contributed by atoms with E-state index in [1.54, 1.807) is 23.6 Å². The van der Waals surface area contributed by atoms with Crippen LogP contribution in [0.15, 0.2) is 17.6 Å². The average Bonchev–Trinajstić information content (AvgIpc) is 3.12. The van der Waals surface area contributed by atoms with Gasteiger partial charge in [0.1, 0.15) is 11.6 Å². The van der Waals surface area contributed by atoms with Gasteiger partial charge in [0.2, 0.25) is 5.91 Å². The van der Waals surface area contributed by atoms with Gasteiger partial charge in [0, 0.05) is 57.0 Å². The molecule has 0 aliphatic carbocycles. The fraction of sp³-hybridized carbons (Fsp3) is 0.556. The Bertz CT molecular complexity index is 1030. The SMILES string of the molecule is Cc1nc(C2CCCN(S(=O)(=O)c3cn(C)cn3)C2)nc2c1CCC(=O)N2C. The Morgan fingerprint density at radius 3 is 2.68 bits per heavy atom. The smallest absolute Gasteiger partial charge is 0.262 e. The molecule has 10 heteroatoms. The van der Waals surface area contributed by atoms with E-state index in [1.165, 1.54) is 16.8 Å². The van der Waals surface area contributed by atoms with Crippen molar-refractivity contribution in [3.05, 3.63) is 29.6 Å². The predicted octanol–water partition coefficient (Wildman–Crippen LogP) is 0.996. The summed E-state index contributed by atoms with van der Waals surface area (Å²) < 4.78 is 28.9. The van der Waals surface area contributed by atoms with Gasteiger partial charge in [-0.3, -0.25) is 9.69 Å². The minimum atomic E-state index is -3.65. The first kappa shape index (κ1) is 19.0. The molecule has 4 heterocycles. The number of nitrogens with zero attached hydrogens (tertiary/aromatic N) is 6. The number of anilines is 1. The molecule has 150 valence electrons. The fourth-order valence-electron chi connectivity index (χ4n) is 3.90. The van der Waals surface area contributed by atoms with Gasteiger partial charge in [-0.1, -0.05) is 0 Å². The Hall–Kier alpha value is -2.33. The molecule has 0 radical (unpaired) electrons. The van der Waals surface area contributed by atoms with Crippen molar-refractivity contribution < 1.29 is 13.2 Å². The molecule has 0 saturated carbocycles. The van der Waals surface area contributed by atoms with Crippen LogP contribution in [-0.2, 0) is 28.3 Å². The van der Waals surface area contributed by atoms with E-state index >= 15 is 0 Å². The first-order valence-electron chi connectivity index (χ1n) is 9.39. The summed E-state index contributed by atoms with van der Waals surface area (Å²) in [6.07, 6.45) is 5.65. The first-order valence-corrected chi connectivity index (χ1v) is 10.8. The van der Waals surface area contributed by atoms with Crippen molar-refractivity contribution in [1.29, 1.82) is 0 Å². The molecule has 2 aliphatic heterocycles. The minimum absolute atomic E-state index is 0.0413. The second kappa shape index (κ2) is 6.93. The van der Waals surface area contributed by atoms with Crippen LogP contribution in [0.5, 0.6) is 0 Å². The number of aryl methyl sites for hydroxylation is 2. The summed E-state index contributed by atoms with van der Waals surface area (Å²) in [6, 6.07) is 0. The van der Waals surface area contributed by atoms with E-state index in [-0.39, 0.29) is 16.9 Å². The van der Waals surface area contributed by atoms with E-state index in [2.05, 4.69) is 15.0 Å². The molecular weight excluding hydrogens is 380 g/mol. The molecule has 1 amide bonds. The molecule has 0 aromatic carbocycles. The lowest BCUT2D eigenvalue weighted by Crippen LogP contribution is -2.40. The van der Waals surface area contributed by atoms with Gasteiger partial charge in [-0.2, -0.15) is 4.31 Å². The van der Waals surface area contributed by atoms with Crippen molar-refractivity contribution in [3.63, 3.8) is 0 Å². The largest absolute Gasteiger partial charge is 0.339 e. The summed E-state index contributed by atoms with van der Waals surface area (Å²) in [7, 11) is -0.174. The van der Waals surface area contributed by atoms with E-state index < -0.39 is 10.0 Å². The summed E-state index contributed by atoms with van der Waals surface area (Å²) in [4.78, 5) is 27.0. The van der Waals surface area contributed by atoms with Gasteiger partial charge >= 0.3 is 0 Å². The van der Waals surface area contributed by atoms with Crippen LogP contribution in [0.2, 0.25) is 0 Å². The van der Waals surface area contributed by atoms with Crippen LogP contribution >= 0.6 is 0 Å². The van der Waals surface area contributed by atoms with Crippen molar-refractivity contribution in [1.82, 2.24) is 23.8 Å². The second-order valence-electron chi connectivity index (χ2n) is 7.50. The number of hydrogen-bond acceptors (Lipinski definition) is 6. The molecule has 2 aliphatic rings. The third-order valence-corrected chi connectivity index (χ3v) is 7.28. The molecule has 0 N–H and O–H groups in total. The molecule has 1 unspecified atom stereocenters. The molecular formula is C18H24N6O3S. The summed E-state index contributed by atoms with van der Waals surface area (Å²) >= 11 is 0. The monoisotopic (exact) mass is 404 g/mol. The van der Waals surface area contributed by atoms with Gasteiger partial charge in [-0.15, -0.1) is 0 Å². The Morgan fingerprint density at radius 1 is 1.18 bits per heavy atom. The third kappa shape index (κ3) is 3.20. The summed E-state index contributed by atoms with van der Waals surface area (Å²) in [5, 5.41) is 0.0588. The van der Waals surface area contributed by atoms with E-state index in [0.717, 1.165) is 24.1 Å². The van der Waals surface area contributed by atoms with E-state index in [0.29, 0.717) is 37.6 Å². The number of fused-ring (bicyclic) bond motifs is 1. The molecule has 1 saturated heterocycles. The van der Waals surface area contributed by atoms with Crippen molar-refractivity contribution in [2.45, 2.75) is 43.6 Å². The van der Waals surface area contributed by atoms with Gasteiger partial charge in [0.05, 0.1) is 6.33 Å². The van der Waals surface area contributed by atoms with E-state index in [4.69, 9.17) is 0 Å². The number of carbonyl (C=O) groups excluding carboxylic acids is 1. The van der Waals surface area contributed by atoms with Crippen LogP contribution in [0.25, 0.3) is 0 Å². The Kier molecular flexibility index (Phi) is 4.70. The summed E-state index contributed by atoms with van der Waals surface area (Å²) in [5.74, 6) is 1.20. The summed E-state index contributed by atoms with van der Waals surface area (Å²) in [6.45, 7) is 2.70. The Balaban J connectivity index is 1.64. The maximum absolute atomic E-state index is 12.9. The molecule has 4 rings (SSSR count). The van der Waals surface area contributed by atoms with Crippen LogP contribution in [-0.4, -0.2) is 58.3 Å². The molecule has 0 bridgehead atoms. The predicted molar refractivity (Wildman–Crippen MR) is 102 cm³/mol. The zero-order chi connectivity index (χ0) is 20.1. The van der Waals surface area contributed by atoms with Gasteiger partial charge in [0.25, 0.3) is 10.0 Å². The third-order valence-electron chi connectivity index (χ3n) is 5.52. The highest BCUT2D eigenvalue weighted by molar-refractivity contribution is 7.89. The maximum Gasteiger partial charge on any atom is 0.262 e. The van der Waals surface area contributed by atoms with Gasteiger partial charge in [-0.05, 0) is 26.2 Å². The number of aromatic nitrogens is 4. The lowest BCUT2D eigenvalue weighted by molar-refractivity contribution is -0.118. The van der Waals surface area contributed by atoms with Crippen molar-refractivity contribution in [3.8, 4) is 0 Å². The normalized spacial score (nSPS) is 21.0. The lowest BCUT2D eigenvalue weighted by Gasteiger charge is -2.32. The molecule has 28 heavy (non-hydrogen) atoms. The number of carbonyl (C=O) groups is 1. The number of imidazole rings is 1. The van der Waals surface area contributed by atoms with Crippen LogP contribution in [0.3, 0.4) is 0 Å². The molecule has 2 aromatic heterocycles. The topological polar surface area (TPSA) is 101 Å². The second-order valence-corrected chi connectivity index (χ2v) is 9.39. The van der Waals surface area contributed by atoms with Crippen LogP contribution in [0, 0.1) is 6.92 Å². The zero-order valence-corrected chi connectivity index (χ0v) is 17.1. The first-order chi connectivity index (χ1) is 13.3. The highest BCUT2D eigenvalue weighted by Crippen LogP contribution is 2.32. The minimum Gasteiger partial charge on any atom is -0.339 e. The maximum atomic E-state index is 12.9. The molecule has 1 atom stereocenters. The zero-order valence-electron chi connectivity index (χ0n) is 16.3. The van der Waals surface area contributed by atoms with Crippen molar-refractivity contribution >= 4 is 21.7 Å².